The molecule has 0 aliphatic carbocycles. The maximum absolute atomic E-state index is 10.2. The third-order valence-electron chi connectivity index (χ3n) is 3.82. The summed E-state index contributed by atoms with van der Waals surface area (Å²) in [5, 5.41) is 14.3. The van der Waals surface area contributed by atoms with E-state index in [-0.39, 0.29) is 0 Å². The fourth-order valence-corrected chi connectivity index (χ4v) is 2.88. The molecular formula is C15H26N4OS. The van der Waals surface area contributed by atoms with E-state index in [1.165, 1.54) is 0 Å². The average Bonchev–Trinajstić information content (AvgIpc) is 2.65. The molecular weight excluding hydrogens is 284 g/mol. The molecule has 1 unspecified atom stereocenters. The molecule has 1 fully saturated rings. The van der Waals surface area contributed by atoms with E-state index in [0.29, 0.717) is 0 Å². The normalized spacial score (nSPS) is 23.0. The van der Waals surface area contributed by atoms with Crippen LogP contribution in [0.1, 0.15) is 39.5 Å². The van der Waals surface area contributed by atoms with Gasteiger partial charge in [-0.2, -0.15) is 0 Å². The Kier molecular flexibility index (Phi) is 5.70. The van der Waals surface area contributed by atoms with Gasteiger partial charge in [-0.25, -0.2) is 9.97 Å². The van der Waals surface area contributed by atoms with Gasteiger partial charge < -0.3 is 15.3 Å². The number of nitrogens with zero attached hydrogens (tertiary/aromatic N) is 3. The van der Waals surface area contributed by atoms with Gasteiger partial charge in [0.2, 0.25) is 0 Å². The van der Waals surface area contributed by atoms with Crippen molar-refractivity contribution in [2.45, 2.75) is 50.3 Å². The lowest BCUT2D eigenvalue weighted by Crippen LogP contribution is -2.29. The lowest BCUT2D eigenvalue weighted by Gasteiger charge is -2.24. The van der Waals surface area contributed by atoms with E-state index in [4.69, 9.17) is 0 Å². The Morgan fingerprint density at radius 1 is 1.38 bits per heavy atom. The van der Waals surface area contributed by atoms with Crippen LogP contribution in [0.4, 0.5) is 11.6 Å². The van der Waals surface area contributed by atoms with Crippen LogP contribution >= 0.6 is 11.8 Å². The molecule has 0 amide bonds. The molecule has 0 aromatic carbocycles. The topological polar surface area (TPSA) is 61.3 Å². The minimum Gasteiger partial charge on any atom is -0.390 e. The monoisotopic (exact) mass is 310 g/mol. The number of rotatable bonds is 5. The summed E-state index contributed by atoms with van der Waals surface area (Å²) in [4.78, 5) is 11.4. The molecule has 0 radical (unpaired) electrons. The van der Waals surface area contributed by atoms with Crippen LogP contribution in [0, 0.1) is 0 Å². The van der Waals surface area contributed by atoms with Gasteiger partial charge >= 0.3 is 0 Å². The predicted molar refractivity (Wildman–Crippen MR) is 89.3 cm³/mol. The van der Waals surface area contributed by atoms with Gasteiger partial charge in [-0.15, -0.1) is 0 Å². The fraction of sp³-hybridized carbons (Fsp3) is 0.733. The standard InChI is InChI=1S/C15H26N4OS/c1-4-8-16-12-11-13(18-14(17-12)21-3)19-9-5-6-15(2,20)7-10-19/h11,20H,4-10H2,1-3H3,(H,16,17,18). The van der Waals surface area contributed by atoms with Gasteiger partial charge in [0.05, 0.1) is 5.60 Å². The molecule has 1 aromatic heterocycles. The zero-order valence-electron chi connectivity index (χ0n) is 13.2. The van der Waals surface area contributed by atoms with Gasteiger partial charge in [-0.05, 0) is 38.9 Å². The van der Waals surface area contributed by atoms with Gasteiger partial charge in [0.15, 0.2) is 5.16 Å². The van der Waals surface area contributed by atoms with Crippen molar-refractivity contribution in [2.75, 3.05) is 36.1 Å². The largest absolute Gasteiger partial charge is 0.390 e. The van der Waals surface area contributed by atoms with E-state index < -0.39 is 5.60 Å². The Hall–Kier alpha value is -1.01. The molecule has 2 rings (SSSR count). The molecule has 0 spiro atoms. The first-order valence-corrected chi connectivity index (χ1v) is 8.91. The van der Waals surface area contributed by atoms with Crippen LogP contribution in [0.25, 0.3) is 0 Å². The number of nitrogens with one attached hydrogen (secondary N) is 1. The van der Waals surface area contributed by atoms with Crippen molar-refractivity contribution >= 4 is 23.4 Å². The van der Waals surface area contributed by atoms with Gasteiger partial charge in [-0.1, -0.05) is 18.7 Å². The minimum absolute atomic E-state index is 0.548. The Balaban J connectivity index is 2.17. The van der Waals surface area contributed by atoms with Crippen LogP contribution in [0.3, 0.4) is 0 Å². The number of thioether (sulfide) groups is 1. The van der Waals surface area contributed by atoms with Crippen molar-refractivity contribution in [2.24, 2.45) is 0 Å². The summed E-state index contributed by atoms with van der Waals surface area (Å²) >= 11 is 1.56. The summed E-state index contributed by atoms with van der Waals surface area (Å²) in [5.41, 5.74) is -0.548. The summed E-state index contributed by atoms with van der Waals surface area (Å²) in [7, 11) is 0. The lowest BCUT2D eigenvalue weighted by molar-refractivity contribution is 0.0481. The number of aliphatic hydroxyl groups is 1. The first kappa shape index (κ1) is 16.4. The predicted octanol–water partition coefficient (Wildman–Crippen LogP) is 2.76. The van der Waals surface area contributed by atoms with Gasteiger partial charge in [0.25, 0.3) is 0 Å². The molecule has 1 aliphatic rings. The number of hydrogen-bond acceptors (Lipinski definition) is 6. The van der Waals surface area contributed by atoms with E-state index in [9.17, 15) is 5.11 Å². The summed E-state index contributed by atoms with van der Waals surface area (Å²) in [6.07, 6.45) is 5.69. The van der Waals surface area contributed by atoms with Crippen molar-refractivity contribution in [1.29, 1.82) is 0 Å². The Morgan fingerprint density at radius 3 is 2.90 bits per heavy atom. The number of anilines is 2. The second-order valence-electron chi connectivity index (χ2n) is 5.86. The molecule has 2 N–H and O–H groups in total. The highest BCUT2D eigenvalue weighted by molar-refractivity contribution is 7.98. The Morgan fingerprint density at radius 2 is 2.19 bits per heavy atom. The molecule has 1 saturated heterocycles. The van der Waals surface area contributed by atoms with Gasteiger partial charge in [0.1, 0.15) is 11.6 Å². The molecule has 1 aromatic rings. The zero-order valence-corrected chi connectivity index (χ0v) is 14.0. The molecule has 1 atom stereocenters. The average molecular weight is 310 g/mol. The smallest absolute Gasteiger partial charge is 0.191 e. The van der Waals surface area contributed by atoms with Gasteiger partial charge in [-0.3, -0.25) is 0 Å². The van der Waals surface area contributed by atoms with E-state index in [2.05, 4.69) is 27.1 Å². The van der Waals surface area contributed by atoms with E-state index in [0.717, 1.165) is 62.1 Å². The van der Waals surface area contributed by atoms with Crippen molar-refractivity contribution in [3.8, 4) is 0 Å². The Bertz CT molecular complexity index is 467. The number of aromatic nitrogens is 2. The third-order valence-corrected chi connectivity index (χ3v) is 4.37. The molecule has 21 heavy (non-hydrogen) atoms. The second kappa shape index (κ2) is 7.31. The van der Waals surface area contributed by atoms with Crippen LogP contribution in [0.15, 0.2) is 11.2 Å². The number of hydrogen-bond donors (Lipinski definition) is 2. The van der Waals surface area contributed by atoms with Crippen molar-refractivity contribution in [3.63, 3.8) is 0 Å². The maximum atomic E-state index is 10.2. The summed E-state index contributed by atoms with van der Waals surface area (Å²) in [6, 6.07) is 2.02. The van der Waals surface area contributed by atoms with E-state index in [1.807, 2.05) is 19.2 Å². The molecule has 2 heterocycles. The van der Waals surface area contributed by atoms with Crippen molar-refractivity contribution in [1.82, 2.24) is 9.97 Å². The third kappa shape index (κ3) is 4.74. The Labute approximate surface area is 131 Å². The van der Waals surface area contributed by atoms with Crippen LogP contribution < -0.4 is 10.2 Å². The SMILES string of the molecule is CCCNc1cc(N2CCCC(C)(O)CC2)nc(SC)n1. The molecule has 0 bridgehead atoms. The molecule has 5 nitrogen and oxygen atoms in total. The summed E-state index contributed by atoms with van der Waals surface area (Å²) < 4.78 is 0. The van der Waals surface area contributed by atoms with Crippen molar-refractivity contribution < 1.29 is 5.11 Å². The fourth-order valence-electron chi connectivity index (χ4n) is 2.50. The highest BCUT2D eigenvalue weighted by Gasteiger charge is 2.25. The maximum Gasteiger partial charge on any atom is 0.191 e. The van der Waals surface area contributed by atoms with Crippen LogP contribution in [0.5, 0.6) is 0 Å². The molecule has 6 heteroatoms. The summed E-state index contributed by atoms with van der Waals surface area (Å²) in [6.45, 7) is 6.76. The van der Waals surface area contributed by atoms with E-state index >= 15 is 0 Å². The first-order valence-electron chi connectivity index (χ1n) is 7.68. The molecule has 1 aliphatic heterocycles. The van der Waals surface area contributed by atoms with Crippen LogP contribution in [-0.4, -0.2) is 46.6 Å². The highest BCUT2D eigenvalue weighted by Crippen LogP contribution is 2.26. The first-order chi connectivity index (χ1) is 10.0. The van der Waals surface area contributed by atoms with E-state index in [1.54, 1.807) is 11.8 Å². The quantitative estimate of drug-likeness (QED) is 0.644. The lowest BCUT2D eigenvalue weighted by atomic mass is 9.98. The second-order valence-corrected chi connectivity index (χ2v) is 6.64. The van der Waals surface area contributed by atoms with Crippen LogP contribution in [0.2, 0.25) is 0 Å². The zero-order chi connectivity index (χ0) is 15.3. The van der Waals surface area contributed by atoms with Crippen LogP contribution in [-0.2, 0) is 0 Å². The van der Waals surface area contributed by atoms with Crippen molar-refractivity contribution in [3.05, 3.63) is 6.07 Å². The minimum atomic E-state index is -0.548. The highest BCUT2D eigenvalue weighted by atomic mass is 32.2. The molecule has 0 saturated carbocycles. The van der Waals surface area contributed by atoms with Gasteiger partial charge in [0, 0.05) is 25.7 Å². The summed E-state index contributed by atoms with van der Waals surface area (Å²) in [5.74, 6) is 1.85. The molecule has 118 valence electrons.